The molecule has 2 rings (SSSR count). The van der Waals surface area contributed by atoms with Gasteiger partial charge in [0.15, 0.2) is 0 Å². The van der Waals surface area contributed by atoms with Crippen LogP contribution >= 0.6 is 0 Å². The molecule has 2 aliphatic rings. The Morgan fingerprint density at radius 2 is 2.22 bits per heavy atom. The first kappa shape index (κ1) is 14.0. The van der Waals surface area contributed by atoms with E-state index in [4.69, 9.17) is 4.74 Å². The number of rotatable bonds is 6. The van der Waals surface area contributed by atoms with Crippen LogP contribution < -0.4 is 5.32 Å². The van der Waals surface area contributed by atoms with Crippen LogP contribution in [0.5, 0.6) is 0 Å². The molecule has 1 N–H and O–H groups in total. The first-order valence-electron chi connectivity index (χ1n) is 7.52. The summed E-state index contributed by atoms with van der Waals surface area (Å²) in [6, 6.07) is 0. The highest BCUT2D eigenvalue weighted by Gasteiger charge is 2.26. The molecule has 3 heteroatoms. The zero-order chi connectivity index (χ0) is 12.8. The van der Waals surface area contributed by atoms with Gasteiger partial charge < -0.3 is 10.1 Å². The molecule has 0 aliphatic carbocycles. The summed E-state index contributed by atoms with van der Waals surface area (Å²) >= 11 is 0. The molecule has 2 aliphatic heterocycles. The molecular formula is C15H28N2O. The van der Waals surface area contributed by atoms with Gasteiger partial charge in [0.25, 0.3) is 0 Å². The lowest BCUT2D eigenvalue weighted by atomic mass is 10.1. The lowest BCUT2D eigenvalue weighted by Gasteiger charge is -2.27. The summed E-state index contributed by atoms with van der Waals surface area (Å²) in [6.07, 6.45) is 8.17. The molecule has 3 nitrogen and oxygen atoms in total. The van der Waals surface area contributed by atoms with Crippen LogP contribution in [-0.2, 0) is 4.74 Å². The average Bonchev–Trinajstić information content (AvgIpc) is 2.80. The minimum atomic E-state index is 0.448. The fourth-order valence-electron chi connectivity index (χ4n) is 2.77. The molecule has 0 radical (unpaired) electrons. The molecule has 2 unspecified atom stereocenters. The second-order valence-electron chi connectivity index (χ2n) is 5.72. The minimum absolute atomic E-state index is 0.448. The van der Waals surface area contributed by atoms with Crippen LogP contribution in [0.1, 0.15) is 39.5 Å². The highest BCUT2D eigenvalue weighted by Crippen LogP contribution is 2.21. The molecule has 0 spiro atoms. The van der Waals surface area contributed by atoms with E-state index in [1.165, 1.54) is 32.2 Å². The summed E-state index contributed by atoms with van der Waals surface area (Å²) < 4.78 is 6.11. The molecular weight excluding hydrogens is 224 g/mol. The molecule has 104 valence electrons. The Hall–Kier alpha value is -0.380. The summed E-state index contributed by atoms with van der Waals surface area (Å²) in [7, 11) is 0. The Labute approximate surface area is 112 Å². The van der Waals surface area contributed by atoms with Crippen molar-refractivity contribution in [1.29, 1.82) is 0 Å². The van der Waals surface area contributed by atoms with E-state index >= 15 is 0 Å². The van der Waals surface area contributed by atoms with Crippen molar-refractivity contribution in [3.63, 3.8) is 0 Å². The van der Waals surface area contributed by atoms with Crippen LogP contribution in [-0.4, -0.2) is 49.8 Å². The van der Waals surface area contributed by atoms with Gasteiger partial charge >= 0.3 is 0 Å². The monoisotopic (exact) mass is 252 g/mol. The fourth-order valence-corrected chi connectivity index (χ4v) is 2.77. The number of hydrogen-bond acceptors (Lipinski definition) is 3. The maximum Gasteiger partial charge on any atom is 0.0707 e. The maximum atomic E-state index is 6.11. The molecule has 2 heterocycles. The van der Waals surface area contributed by atoms with E-state index in [0.29, 0.717) is 12.2 Å². The van der Waals surface area contributed by atoms with Crippen LogP contribution in [0.3, 0.4) is 0 Å². The first-order valence-corrected chi connectivity index (χ1v) is 7.52. The van der Waals surface area contributed by atoms with Crippen molar-refractivity contribution in [3.8, 4) is 0 Å². The van der Waals surface area contributed by atoms with Crippen molar-refractivity contribution in [3.05, 3.63) is 11.6 Å². The largest absolute Gasteiger partial charge is 0.372 e. The van der Waals surface area contributed by atoms with Gasteiger partial charge in [-0.3, -0.25) is 4.90 Å². The van der Waals surface area contributed by atoms with Crippen molar-refractivity contribution in [2.75, 3.05) is 32.7 Å². The predicted molar refractivity (Wildman–Crippen MR) is 75.9 cm³/mol. The van der Waals surface area contributed by atoms with Gasteiger partial charge in [-0.1, -0.05) is 18.6 Å². The lowest BCUT2D eigenvalue weighted by Crippen LogP contribution is -2.36. The highest BCUT2D eigenvalue weighted by atomic mass is 16.5. The molecule has 0 saturated carbocycles. The van der Waals surface area contributed by atoms with Gasteiger partial charge in [0.05, 0.1) is 12.2 Å². The molecule has 18 heavy (non-hydrogen) atoms. The number of ether oxygens (including phenoxy) is 1. The van der Waals surface area contributed by atoms with Gasteiger partial charge in [-0.05, 0) is 39.2 Å². The Morgan fingerprint density at radius 3 is 2.94 bits per heavy atom. The Morgan fingerprint density at radius 1 is 1.39 bits per heavy atom. The Balaban J connectivity index is 1.63. The summed E-state index contributed by atoms with van der Waals surface area (Å²) in [5, 5.41) is 3.46. The number of nitrogens with zero attached hydrogens (tertiary/aromatic N) is 1. The summed E-state index contributed by atoms with van der Waals surface area (Å²) in [4.78, 5) is 2.53. The third kappa shape index (κ3) is 4.38. The quantitative estimate of drug-likeness (QED) is 0.579. The van der Waals surface area contributed by atoms with Crippen LogP contribution in [0.4, 0.5) is 0 Å². The molecule has 1 fully saturated rings. The fraction of sp³-hybridized carbons (Fsp3) is 0.867. The molecule has 0 amide bonds. The topological polar surface area (TPSA) is 24.5 Å². The Kier molecular flexibility index (Phi) is 5.67. The second kappa shape index (κ2) is 7.27. The predicted octanol–water partition coefficient (Wildman–Crippen LogP) is 2.19. The maximum absolute atomic E-state index is 6.11. The second-order valence-corrected chi connectivity index (χ2v) is 5.72. The molecule has 0 aromatic heterocycles. The van der Waals surface area contributed by atoms with Crippen LogP contribution in [0, 0.1) is 0 Å². The van der Waals surface area contributed by atoms with Crippen LogP contribution in [0.2, 0.25) is 0 Å². The Bertz CT molecular complexity index is 278. The minimum Gasteiger partial charge on any atom is -0.372 e. The van der Waals surface area contributed by atoms with Gasteiger partial charge in [0.1, 0.15) is 0 Å². The average molecular weight is 252 g/mol. The lowest BCUT2D eigenvalue weighted by molar-refractivity contribution is 0.0249. The highest BCUT2D eigenvalue weighted by molar-refractivity contribution is 5.04. The summed E-state index contributed by atoms with van der Waals surface area (Å²) in [6.45, 7) is 10.0. The third-order valence-electron chi connectivity index (χ3n) is 3.98. The molecule has 1 saturated heterocycles. The van der Waals surface area contributed by atoms with E-state index in [2.05, 4.69) is 30.1 Å². The van der Waals surface area contributed by atoms with E-state index < -0.39 is 0 Å². The first-order chi connectivity index (χ1) is 8.78. The molecule has 0 aromatic rings. The van der Waals surface area contributed by atoms with Gasteiger partial charge in [0, 0.05) is 26.2 Å². The van der Waals surface area contributed by atoms with Gasteiger partial charge in [0.2, 0.25) is 0 Å². The third-order valence-corrected chi connectivity index (χ3v) is 3.98. The normalized spacial score (nSPS) is 29.6. The van der Waals surface area contributed by atoms with E-state index in [0.717, 1.165) is 26.2 Å². The smallest absolute Gasteiger partial charge is 0.0707 e. The zero-order valence-corrected chi connectivity index (χ0v) is 12.0. The van der Waals surface area contributed by atoms with E-state index in [1.807, 2.05) is 0 Å². The SMILES string of the molecule is CCCNCC1CCC(CN2CC=C(C)CC2)O1. The molecule has 2 atom stereocenters. The van der Waals surface area contributed by atoms with Gasteiger partial charge in [-0.25, -0.2) is 0 Å². The standard InChI is InChI=1S/C15H28N2O/c1-3-8-16-11-14-4-5-15(18-14)12-17-9-6-13(2)7-10-17/h6,14-16H,3-5,7-12H2,1-2H3. The van der Waals surface area contributed by atoms with Crippen molar-refractivity contribution in [1.82, 2.24) is 10.2 Å². The summed E-state index contributed by atoms with van der Waals surface area (Å²) in [5.74, 6) is 0. The van der Waals surface area contributed by atoms with Crippen LogP contribution in [0.25, 0.3) is 0 Å². The number of hydrogen-bond donors (Lipinski definition) is 1. The van der Waals surface area contributed by atoms with Crippen molar-refractivity contribution < 1.29 is 4.74 Å². The van der Waals surface area contributed by atoms with Crippen molar-refractivity contribution in [2.45, 2.75) is 51.7 Å². The summed E-state index contributed by atoms with van der Waals surface area (Å²) in [5.41, 5.74) is 1.54. The van der Waals surface area contributed by atoms with Crippen molar-refractivity contribution in [2.24, 2.45) is 0 Å². The van der Waals surface area contributed by atoms with E-state index in [-0.39, 0.29) is 0 Å². The molecule has 0 bridgehead atoms. The number of nitrogens with one attached hydrogen (secondary N) is 1. The van der Waals surface area contributed by atoms with Gasteiger partial charge in [-0.15, -0.1) is 0 Å². The molecule has 0 aromatic carbocycles. The van der Waals surface area contributed by atoms with E-state index in [1.54, 1.807) is 5.57 Å². The van der Waals surface area contributed by atoms with Crippen molar-refractivity contribution >= 4 is 0 Å². The van der Waals surface area contributed by atoms with Crippen LogP contribution in [0.15, 0.2) is 11.6 Å². The van der Waals surface area contributed by atoms with E-state index in [9.17, 15) is 0 Å². The zero-order valence-electron chi connectivity index (χ0n) is 12.0. The van der Waals surface area contributed by atoms with Gasteiger partial charge in [-0.2, -0.15) is 0 Å².